The smallest absolute Gasteiger partial charge is 0.248 e. The molecule has 4 rings (SSSR count). The molecule has 0 aliphatic heterocycles. The Labute approximate surface area is 216 Å². The Bertz CT molecular complexity index is 1450. The molecule has 2 amide bonds. The molecule has 2 N–H and O–H groups in total. The van der Waals surface area contributed by atoms with Crippen LogP contribution in [0.2, 0.25) is 0 Å². The fourth-order valence-electron chi connectivity index (χ4n) is 4.09. The summed E-state index contributed by atoms with van der Waals surface area (Å²) in [5, 5.41) is 6.48. The zero-order valence-corrected chi connectivity index (χ0v) is 21.4. The maximum Gasteiger partial charge on any atom is 0.248 e. The number of hydrogen-bond acceptors (Lipinski definition) is 5. The Kier molecular flexibility index (Phi) is 7.93. The van der Waals surface area contributed by atoms with Crippen LogP contribution in [0.15, 0.2) is 77.4 Å². The van der Waals surface area contributed by atoms with Crippen molar-refractivity contribution in [1.82, 2.24) is 0 Å². The summed E-state index contributed by atoms with van der Waals surface area (Å²) in [6.07, 6.45) is 3.26. The van der Waals surface area contributed by atoms with Gasteiger partial charge in [0.25, 0.3) is 0 Å². The van der Waals surface area contributed by atoms with Gasteiger partial charge < -0.3 is 24.5 Å². The van der Waals surface area contributed by atoms with Gasteiger partial charge in [-0.1, -0.05) is 18.2 Å². The molecular formula is C30H30N2O5. The van der Waals surface area contributed by atoms with Crippen molar-refractivity contribution in [2.45, 2.75) is 27.7 Å². The molecule has 4 aromatic rings. The first kappa shape index (κ1) is 25.6. The molecule has 3 aromatic carbocycles. The molecule has 0 saturated carbocycles. The molecule has 190 valence electrons. The summed E-state index contributed by atoms with van der Waals surface area (Å²) in [6, 6.07) is 18.7. The predicted octanol–water partition coefficient (Wildman–Crippen LogP) is 6.90. The van der Waals surface area contributed by atoms with Crippen molar-refractivity contribution < 1.29 is 23.5 Å². The van der Waals surface area contributed by atoms with E-state index in [2.05, 4.69) is 10.6 Å². The number of ether oxygens (including phenoxy) is 2. The number of hydrogen-bond donors (Lipinski definition) is 2. The van der Waals surface area contributed by atoms with Crippen LogP contribution in [-0.4, -0.2) is 25.0 Å². The van der Waals surface area contributed by atoms with E-state index in [1.54, 1.807) is 30.5 Å². The average molecular weight is 499 g/mol. The number of anilines is 2. The highest BCUT2D eigenvalue weighted by molar-refractivity contribution is 6.05. The first-order valence-corrected chi connectivity index (χ1v) is 12.2. The molecule has 7 heteroatoms. The largest absolute Gasteiger partial charge is 0.494 e. The predicted molar refractivity (Wildman–Crippen MR) is 147 cm³/mol. The fraction of sp³-hybridized carbons (Fsp3) is 0.200. The maximum absolute atomic E-state index is 12.8. The first-order chi connectivity index (χ1) is 17.9. The minimum atomic E-state index is -0.293. The van der Waals surface area contributed by atoms with Gasteiger partial charge in [0, 0.05) is 47.0 Å². The lowest BCUT2D eigenvalue weighted by Crippen LogP contribution is -2.10. The first-order valence-electron chi connectivity index (χ1n) is 12.2. The summed E-state index contributed by atoms with van der Waals surface area (Å²) < 4.78 is 17.3. The lowest BCUT2D eigenvalue weighted by molar-refractivity contribution is -0.114. The summed E-state index contributed by atoms with van der Waals surface area (Å²) in [6.45, 7) is 8.25. The zero-order chi connectivity index (χ0) is 26.4. The van der Waals surface area contributed by atoms with Crippen LogP contribution in [0.5, 0.6) is 11.5 Å². The molecule has 0 spiro atoms. The summed E-state index contributed by atoms with van der Waals surface area (Å²) in [5.74, 6) is 0.975. The standard InChI is InChI=1S/C30H30N2O5/c1-5-35-24-12-10-21(11-13-24)27-18-37-29-17-28(36-6-2)25(16-26(27)29)19(3)14-30(34)32-23-9-7-8-22(15-23)31-20(4)33/h7-18H,5-6H2,1-4H3,(H,31,33)(H,32,34)/b19-14+. The van der Waals surface area contributed by atoms with Crippen molar-refractivity contribution in [1.29, 1.82) is 0 Å². The Morgan fingerprint density at radius 3 is 2.27 bits per heavy atom. The molecule has 0 bridgehead atoms. The lowest BCUT2D eigenvalue weighted by Gasteiger charge is -2.12. The summed E-state index contributed by atoms with van der Waals surface area (Å²) in [4.78, 5) is 24.2. The number of nitrogens with one attached hydrogen (secondary N) is 2. The molecule has 37 heavy (non-hydrogen) atoms. The van der Waals surface area contributed by atoms with Crippen molar-refractivity contribution >= 4 is 39.7 Å². The van der Waals surface area contributed by atoms with Crippen molar-refractivity contribution in [2.24, 2.45) is 0 Å². The minimum Gasteiger partial charge on any atom is -0.494 e. The highest BCUT2D eigenvalue weighted by atomic mass is 16.5. The van der Waals surface area contributed by atoms with E-state index in [4.69, 9.17) is 13.9 Å². The zero-order valence-electron chi connectivity index (χ0n) is 21.4. The third-order valence-corrected chi connectivity index (χ3v) is 5.67. The number of carbonyl (C=O) groups excluding carboxylic acids is 2. The molecule has 1 aromatic heterocycles. The van der Waals surface area contributed by atoms with Crippen LogP contribution in [0.1, 0.15) is 33.3 Å². The van der Waals surface area contributed by atoms with Crippen LogP contribution >= 0.6 is 0 Å². The molecule has 0 saturated heterocycles. The van der Waals surface area contributed by atoms with Gasteiger partial charge in [-0.25, -0.2) is 0 Å². The minimum absolute atomic E-state index is 0.179. The fourth-order valence-corrected chi connectivity index (χ4v) is 4.09. The maximum atomic E-state index is 12.8. The van der Waals surface area contributed by atoms with Gasteiger partial charge in [-0.2, -0.15) is 0 Å². The lowest BCUT2D eigenvalue weighted by atomic mass is 9.99. The molecule has 0 atom stereocenters. The summed E-state index contributed by atoms with van der Waals surface area (Å²) >= 11 is 0. The Hall–Kier alpha value is -4.52. The number of allylic oxidation sites excluding steroid dienone is 1. The summed E-state index contributed by atoms with van der Waals surface area (Å²) in [5.41, 5.74) is 5.35. The molecular weight excluding hydrogens is 468 g/mol. The van der Waals surface area contributed by atoms with Crippen molar-refractivity contribution in [3.05, 3.63) is 78.6 Å². The number of furan rings is 1. The molecule has 0 unspecified atom stereocenters. The van der Waals surface area contributed by atoms with Crippen molar-refractivity contribution in [3.8, 4) is 22.6 Å². The number of carbonyl (C=O) groups is 2. The quantitative estimate of drug-likeness (QED) is 0.245. The number of fused-ring (bicyclic) bond motifs is 1. The molecule has 0 aliphatic rings. The number of amides is 2. The topological polar surface area (TPSA) is 89.8 Å². The van der Waals surface area contributed by atoms with E-state index in [-0.39, 0.29) is 11.8 Å². The van der Waals surface area contributed by atoms with E-state index in [1.165, 1.54) is 13.0 Å². The van der Waals surface area contributed by atoms with Gasteiger partial charge in [-0.05, 0) is 68.3 Å². The molecule has 0 radical (unpaired) electrons. The molecule has 7 nitrogen and oxygen atoms in total. The second-order valence-electron chi connectivity index (χ2n) is 8.46. The van der Waals surface area contributed by atoms with Crippen LogP contribution in [0, 0.1) is 0 Å². The van der Waals surface area contributed by atoms with E-state index in [0.29, 0.717) is 35.9 Å². The number of benzene rings is 3. The Morgan fingerprint density at radius 2 is 1.59 bits per heavy atom. The van der Waals surface area contributed by atoms with Crippen molar-refractivity contribution in [2.75, 3.05) is 23.8 Å². The van der Waals surface area contributed by atoms with Gasteiger partial charge in [0.2, 0.25) is 11.8 Å². The highest BCUT2D eigenvalue weighted by Crippen LogP contribution is 2.38. The van der Waals surface area contributed by atoms with Gasteiger partial charge in [0.05, 0.1) is 19.5 Å². The Balaban J connectivity index is 1.65. The van der Waals surface area contributed by atoms with Gasteiger partial charge in [-0.3, -0.25) is 9.59 Å². The monoisotopic (exact) mass is 498 g/mol. The second kappa shape index (κ2) is 11.5. The second-order valence-corrected chi connectivity index (χ2v) is 8.46. The van der Waals surface area contributed by atoms with E-state index in [0.717, 1.165) is 33.4 Å². The van der Waals surface area contributed by atoms with Crippen LogP contribution in [0.3, 0.4) is 0 Å². The third-order valence-electron chi connectivity index (χ3n) is 5.67. The average Bonchev–Trinajstić information content (AvgIpc) is 3.27. The SMILES string of the molecule is CCOc1ccc(-c2coc3cc(OCC)c(/C(C)=C/C(=O)Nc4cccc(NC(C)=O)c4)cc23)cc1. The van der Waals surface area contributed by atoms with Gasteiger partial charge in [0.15, 0.2) is 0 Å². The molecule has 0 fully saturated rings. The number of rotatable bonds is 9. The van der Waals surface area contributed by atoms with Crippen LogP contribution in [0.25, 0.3) is 27.7 Å². The van der Waals surface area contributed by atoms with Crippen LogP contribution in [-0.2, 0) is 9.59 Å². The third kappa shape index (κ3) is 6.19. The normalized spacial score (nSPS) is 11.3. The molecule has 1 heterocycles. The molecule has 0 aliphatic carbocycles. The van der Waals surface area contributed by atoms with E-state index in [9.17, 15) is 9.59 Å². The van der Waals surface area contributed by atoms with Gasteiger partial charge in [-0.15, -0.1) is 0 Å². The Morgan fingerprint density at radius 1 is 0.892 bits per heavy atom. The van der Waals surface area contributed by atoms with E-state index in [1.807, 2.05) is 57.2 Å². The van der Waals surface area contributed by atoms with E-state index >= 15 is 0 Å². The highest BCUT2D eigenvalue weighted by Gasteiger charge is 2.15. The van der Waals surface area contributed by atoms with Gasteiger partial charge in [0.1, 0.15) is 17.1 Å². The summed E-state index contributed by atoms with van der Waals surface area (Å²) in [7, 11) is 0. The van der Waals surface area contributed by atoms with Crippen LogP contribution < -0.4 is 20.1 Å². The van der Waals surface area contributed by atoms with Crippen LogP contribution in [0.4, 0.5) is 11.4 Å². The van der Waals surface area contributed by atoms with Gasteiger partial charge >= 0.3 is 0 Å². The van der Waals surface area contributed by atoms with Crippen molar-refractivity contribution in [3.63, 3.8) is 0 Å². The van der Waals surface area contributed by atoms with E-state index < -0.39 is 0 Å².